The van der Waals surface area contributed by atoms with Crippen LogP contribution in [-0.4, -0.2) is 184 Å². The second-order valence-electron chi connectivity index (χ2n) is 25.9. The summed E-state index contributed by atoms with van der Waals surface area (Å²) in [6.45, 7) is 24.9. The zero-order valence-electron chi connectivity index (χ0n) is 49.8. The minimum absolute atomic E-state index is 0.0502. The maximum atomic E-state index is 14.1. The van der Waals surface area contributed by atoms with Crippen molar-refractivity contribution in [3.8, 4) is 0 Å². The van der Waals surface area contributed by atoms with Crippen LogP contribution >= 0.6 is 0 Å². The van der Waals surface area contributed by atoms with Crippen molar-refractivity contribution in [2.24, 2.45) is 16.3 Å². The fourth-order valence-corrected chi connectivity index (χ4v) is 10.6. The smallest absolute Gasteiger partial charge is 0.414 e. The molecule has 27 nitrogen and oxygen atoms in total. The lowest BCUT2D eigenvalue weighted by molar-refractivity contribution is -0.387. The minimum atomic E-state index is -4.65. The molecule has 1 aliphatic carbocycles. The molecule has 5 amide bonds. The number of benzene rings is 1. The lowest BCUT2D eigenvalue weighted by Gasteiger charge is -2.52. The number of carbonyl (C=O) groups is 5. The molecule has 2 fully saturated rings. The van der Waals surface area contributed by atoms with Crippen molar-refractivity contribution in [1.29, 1.82) is 0 Å². The Morgan fingerprint density at radius 1 is 0.802 bits per heavy atom. The van der Waals surface area contributed by atoms with Crippen LogP contribution in [0.15, 0.2) is 46.0 Å². The molecule has 0 bridgehead atoms. The quantitative estimate of drug-likeness (QED) is 0.0452. The molecule has 0 radical (unpaired) electrons. The summed E-state index contributed by atoms with van der Waals surface area (Å²) in [5.74, 6) is -2.66. The van der Waals surface area contributed by atoms with Crippen LogP contribution in [0.4, 0.5) is 24.9 Å². The van der Waals surface area contributed by atoms with Crippen LogP contribution in [-0.2, 0) is 48.0 Å². The van der Waals surface area contributed by atoms with Crippen LogP contribution < -0.4 is 21.3 Å². The van der Waals surface area contributed by atoms with Crippen molar-refractivity contribution in [2.45, 2.75) is 218 Å². The van der Waals surface area contributed by atoms with E-state index in [4.69, 9.17) is 38.2 Å². The molecule has 0 aromatic heterocycles. The van der Waals surface area contributed by atoms with Gasteiger partial charge < -0.3 is 64.0 Å². The third-order valence-corrected chi connectivity index (χ3v) is 14.2. The molecule has 1 saturated heterocycles. The first-order valence-electron chi connectivity index (χ1n) is 26.5. The Balaban J connectivity index is 2.00. The normalized spacial score (nSPS) is 26.6. The number of nitro groups is 1. The molecule has 1 saturated carbocycles. The Bertz CT molecular complexity index is 2580. The van der Waals surface area contributed by atoms with E-state index in [1.165, 1.54) is 32.2 Å². The molecular weight excluding hydrogens is 1080 g/mol. The molecule has 81 heavy (non-hydrogen) atoms. The number of ether oxygens (including phenoxy) is 7. The van der Waals surface area contributed by atoms with Crippen LogP contribution in [0.1, 0.15) is 130 Å². The number of rotatable bonds is 13. The second-order valence-corrected chi connectivity index (χ2v) is 27.9. The third kappa shape index (κ3) is 19.9. The highest BCUT2D eigenvalue weighted by Gasteiger charge is 2.57. The zero-order valence-corrected chi connectivity index (χ0v) is 50.6. The van der Waals surface area contributed by atoms with Crippen molar-refractivity contribution >= 4 is 52.0 Å². The number of nitro benzene ring substituents is 1. The summed E-state index contributed by atoms with van der Waals surface area (Å²) in [5, 5.41) is 59.6. The van der Waals surface area contributed by atoms with Crippen LogP contribution in [0.3, 0.4) is 0 Å². The molecule has 1 unspecified atom stereocenters. The number of hydrogen-bond acceptors (Lipinski definition) is 20. The van der Waals surface area contributed by atoms with E-state index in [0.29, 0.717) is 0 Å². The first kappa shape index (κ1) is 67.6. The molecule has 2 heterocycles. The Morgan fingerprint density at radius 3 is 1.85 bits per heavy atom. The third-order valence-electron chi connectivity index (χ3n) is 12.3. The van der Waals surface area contributed by atoms with Crippen molar-refractivity contribution in [1.82, 2.24) is 30.5 Å². The van der Waals surface area contributed by atoms with Gasteiger partial charge in [0.15, 0.2) is 11.2 Å². The van der Waals surface area contributed by atoms with Crippen molar-refractivity contribution in [3.05, 3.63) is 46.2 Å². The van der Waals surface area contributed by atoms with Crippen LogP contribution in [0.2, 0.25) is 0 Å². The van der Waals surface area contributed by atoms with Crippen LogP contribution in [0.5, 0.6) is 0 Å². The molecule has 28 heteroatoms. The molecule has 458 valence electrons. The molecule has 2 aliphatic heterocycles. The largest absolute Gasteiger partial charge is 0.491 e. The maximum Gasteiger partial charge on any atom is 0.414 e. The van der Waals surface area contributed by atoms with E-state index in [1.807, 2.05) is 20.8 Å². The minimum Gasteiger partial charge on any atom is -0.491 e. The molecule has 4 rings (SSSR count). The molecule has 7 N–H and O–H groups in total. The van der Waals surface area contributed by atoms with E-state index in [2.05, 4.69) is 21.3 Å². The second kappa shape index (κ2) is 25.7. The van der Waals surface area contributed by atoms with Gasteiger partial charge in [0, 0.05) is 38.5 Å². The van der Waals surface area contributed by atoms with Gasteiger partial charge in [0.1, 0.15) is 52.1 Å². The van der Waals surface area contributed by atoms with Gasteiger partial charge in [-0.3, -0.25) is 25.5 Å². The number of hydrogen-bond donors (Lipinski definition) is 7. The van der Waals surface area contributed by atoms with E-state index in [-0.39, 0.29) is 25.0 Å². The number of aliphatic imine (C=N–C) groups is 1. The topological polar surface area (TPSA) is 355 Å². The zero-order chi connectivity index (χ0) is 61.8. The van der Waals surface area contributed by atoms with E-state index in [0.717, 1.165) is 28.4 Å². The molecule has 11 atom stereocenters. The fraction of sp³-hybridized carbons (Fsp3) is 0.736. The standard InChI is InChI=1S/C53H86N8O19S/c1-48(2,3)26-35(62)54-32-25-31(56-44(65)77-49(4,5)6)36(37(63)40(32)76-42-38(64)41(53(16,69)28-74-42)60(18)47(68)80-52(13,14)15)39-30(55-43(57-45(66)78-50(7,8)9)58-46(67)79-51(10,11)12)24-23-29(75-39)27-59(17)81(72,73)34-22-20-19-21-33(34)61(70)71/h19-23,30-32,36-42,63-64,69H,24-28H2,1-18H3,(H,54,62)(H,56,65)(H2,55,57,58,66,67)/t30-,31+,32-,36?,37+,38-,39+,40+,41-,42-,53+/m1/s1. The van der Waals surface area contributed by atoms with E-state index in [1.54, 1.807) is 83.1 Å². The maximum absolute atomic E-state index is 14.1. The van der Waals surface area contributed by atoms with Crippen molar-refractivity contribution < 1.29 is 85.8 Å². The average molecular weight is 1170 g/mol. The predicted octanol–water partition coefficient (Wildman–Crippen LogP) is 4.95. The lowest BCUT2D eigenvalue weighted by Crippen LogP contribution is -2.70. The Labute approximate surface area is 474 Å². The van der Waals surface area contributed by atoms with Gasteiger partial charge in [-0.25, -0.2) is 32.6 Å². The van der Waals surface area contributed by atoms with E-state index in [9.17, 15) is 57.8 Å². The Morgan fingerprint density at radius 2 is 1.33 bits per heavy atom. The van der Waals surface area contributed by atoms with E-state index >= 15 is 0 Å². The number of alkyl carbamates (subject to hydrolysis) is 3. The van der Waals surface area contributed by atoms with Gasteiger partial charge in [0.05, 0.1) is 42.3 Å². The number of nitrogens with zero attached hydrogens (tertiary/aromatic N) is 4. The van der Waals surface area contributed by atoms with Gasteiger partial charge in [-0.2, -0.15) is 4.31 Å². The summed E-state index contributed by atoms with van der Waals surface area (Å²) >= 11 is 0. The Kier molecular flexibility index (Phi) is 21.5. The number of sulfonamides is 1. The van der Waals surface area contributed by atoms with Gasteiger partial charge in [0.25, 0.3) is 5.69 Å². The summed E-state index contributed by atoms with van der Waals surface area (Å²) in [4.78, 5) is 84.6. The number of nitrogens with one attached hydrogen (secondary N) is 4. The van der Waals surface area contributed by atoms with Crippen molar-refractivity contribution in [3.63, 3.8) is 0 Å². The number of guanidine groups is 1. The average Bonchev–Trinajstić information content (AvgIpc) is 3.25. The van der Waals surface area contributed by atoms with Crippen molar-refractivity contribution in [2.75, 3.05) is 27.2 Å². The molecule has 0 spiro atoms. The first-order valence-corrected chi connectivity index (χ1v) is 27.9. The first-order chi connectivity index (χ1) is 36.8. The SMILES string of the molecule is CN(C(=O)OC(C)(C)C)[C@@H]1[C@@H](O)[C@@H](O[C@H]2[C@H](NC(=O)CC(C)(C)C)C[C@H](NC(=O)OC(C)(C)C)C([C@H]3OC(CN(C)S(=O)(=O)c4ccccc4[N+](=O)[O-])=CC[C@H]3N=C(NC(=O)OC(C)(C)C)NC(=O)OC(C)(C)C)[C@@H]2O)OC[C@]1(C)O. The Hall–Kier alpha value is -5.91. The number of aliphatic hydroxyl groups is 3. The number of para-hydroxylation sites is 1. The molecule has 1 aromatic carbocycles. The lowest BCUT2D eigenvalue weighted by atomic mass is 9.72. The summed E-state index contributed by atoms with van der Waals surface area (Å²) in [6.07, 6.45) is -12.0. The summed E-state index contributed by atoms with van der Waals surface area (Å²) in [5.41, 5.74) is -7.38. The summed E-state index contributed by atoms with van der Waals surface area (Å²) in [6, 6.07) is -0.654. The van der Waals surface area contributed by atoms with Gasteiger partial charge in [-0.05, 0) is 120 Å². The van der Waals surface area contributed by atoms with Gasteiger partial charge in [0.2, 0.25) is 21.9 Å². The van der Waals surface area contributed by atoms with E-state index < -0.39 is 169 Å². The molecule has 3 aliphatic rings. The number of carbonyl (C=O) groups excluding carboxylic acids is 5. The summed E-state index contributed by atoms with van der Waals surface area (Å²) < 4.78 is 70.5. The fourth-order valence-electron chi connectivity index (χ4n) is 9.28. The van der Waals surface area contributed by atoms with Gasteiger partial charge in [-0.15, -0.1) is 0 Å². The monoisotopic (exact) mass is 1170 g/mol. The van der Waals surface area contributed by atoms with Gasteiger partial charge in [-0.1, -0.05) is 32.9 Å². The number of likely N-dealkylation sites (N-methyl/N-ethyl adjacent to an activating group) is 2. The molecule has 1 aromatic rings. The highest BCUT2D eigenvalue weighted by molar-refractivity contribution is 7.89. The molecular formula is C53H86N8O19S. The van der Waals surface area contributed by atoms with Crippen LogP contribution in [0, 0.1) is 21.4 Å². The number of aliphatic hydroxyl groups excluding tert-OH is 2. The highest BCUT2D eigenvalue weighted by atomic mass is 32.2. The van der Waals surface area contributed by atoms with Crippen LogP contribution in [0.25, 0.3) is 0 Å². The van der Waals surface area contributed by atoms with Gasteiger partial charge >= 0.3 is 24.4 Å². The number of amides is 5. The predicted molar refractivity (Wildman–Crippen MR) is 293 cm³/mol. The highest BCUT2D eigenvalue weighted by Crippen LogP contribution is 2.40. The summed E-state index contributed by atoms with van der Waals surface area (Å²) in [7, 11) is -2.20.